The third-order valence-corrected chi connectivity index (χ3v) is 4.90. The molecule has 4 atom stereocenters. The molecule has 0 aromatic heterocycles. The molecule has 0 spiro atoms. The van der Waals surface area contributed by atoms with Crippen molar-refractivity contribution in [2.45, 2.75) is 51.7 Å². The molecule has 0 saturated carbocycles. The largest absolute Gasteiger partial charge is 0.512 e. The molecule has 2 aliphatic rings. The first kappa shape index (κ1) is 16.1. The van der Waals surface area contributed by atoms with Crippen LogP contribution >= 0.6 is 0 Å². The van der Waals surface area contributed by atoms with Gasteiger partial charge < -0.3 is 15.3 Å². The summed E-state index contributed by atoms with van der Waals surface area (Å²) < 4.78 is 0. The first-order valence-electron chi connectivity index (χ1n) is 7.67. The maximum atomic E-state index is 11.1. The van der Waals surface area contributed by atoms with Crippen LogP contribution < -0.4 is 0 Å². The molecule has 0 aromatic rings. The quantitative estimate of drug-likeness (QED) is 0.698. The maximum Gasteiger partial charge on any atom is 0.114 e. The molecule has 0 amide bonds. The Hall–Kier alpha value is -1.32. The lowest BCUT2D eigenvalue weighted by atomic mass is 9.66. The van der Waals surface area contributed by atoms with Gasteiger partial charge in [0.15, 0.2) is 0 Å². The number of aliphatic hydroxyl groups excluding tert-OH is 2. The van der Waals surface area contributed by atoms with E-state index >= 15 is 0 Å². The van der Waals surface area contributed by atoms with Gasteiger partial charge in [0.2, 0.25) is 0 Å². The van der Waals surface area contributed by atoms with Gasteiger partial charge in [0, 0.05) is 0 Å². The number of aliphatic hydroxyl groups is 3. The Morgan fingerprint density at radius 3 is 2.52 bits per heavy atom. The Balaban J connectivity index is 2.49. The number of rotatable bonds is 3. The van der Waals surface area contributed by atoms with Crippen LogP contribution in [0, 0.1) is 11.8 Å². The summed E-state index contributed by atoms with van der Waals surface area (Å²) in [5, 5.41) is 31.4. The van der Waals surface area contributed by atoms with Crippen molar-refractivity contribution in [2.24, 2.45) is 11.8 Å². The molecule has 116 valence electrons. The zero-order valence-corrected chi connectivity index (χ0v) is 13.1. The van der Waals surface area contributed by atoms with Crippen molar-refractivity contribution >= 4 is 0 Å². The monoisotopic (exact) mass is 290 g/mol. The van der Waals surface area contributed by atoms with Crippen molar-refractivity contribution in [1.29, 1.82) is 0 Å². The van der Waals surface area contributed by atoms with Gasteiger partial charge in [0.25, 0.3) is 0 Å². The molecular formula is C18H26O3. The summed E-state index contributed by atoms with van der Waals surface area (Å²) in [6.45, 7) is 9.65. The van der Waals surface area contributed by atoms with E-state index in [1.54, 1.807) is 13.0 Å². The number of allylic oxidation sites excluding steroid dienone is 3. The highest BCUT2D eigenvalue weighted by Crippen LogP contribution is 2.46. The zero-order chi connectivity index (χ0) is 15.8. The Kier molecular flexibility index (Phi) is 4.45. The molecule has 2 aliphatic carbocycles. The van der Waals surface area contributed by atoms with Crippen LogP contribution in [0.5, 0.6) is 0 Å². The summed E-state index contributed by atoms with van der Waals surface area (Å²) in [5.41, 5.74) is 1.23. The van der Waals surface area contributed by atoms with Crippen LogP contribution in [0.2, 0.25) is 0 Å². The van der Waals surface area contributed by atoms with Crippen molar-refractivity contribution in [2.75, 3.05) is 0 Å². The molecular weight excluding hydrogens is 264 g/mol. The highest BCUT2D eigenvalue weighted by molar-refractivity contribution is 5.45. The summed E-state index contributed by atoms with van der Waals surface area (Å²) in [6, 6.07) is 0. The van der Waals surface area contributed by atoms with Gasteiger partial charge in [-0.1, -0.05) is 25.7 Å². The van der Waals surface area contributed by atoms with E-state index in [0.29, 0.717) is 12.0 Å². The van der Waals surface area contributed by atoms with Gasteiger partial charge in [-0.2, -0.15) is 0 Å². The maximum absolute atomic E-state index is 11.1. The average molecular weight is 290 g/mol. The topological polar surface area (TPSA) is 60.7 Å². The molecule has 3 N–H and O–H groups in total. The summed E-state index contributed by atoms with van der Waals surface area (Å²) in [7, 11) is 0. The van der Waals surface area contributed by atoms with Crippen molar-refractivity contribution in [1.82, 2.24) is 0 Å². The second-order valence-corrected chi connectivity index (χ2v) is 6.31. The van der Waals surface area contributed by atoms with Gasteiger partial charge in [-0.25, -0.2) is 0 Å². The van der Waals surface area contributed by atoms with E-state index in [2.05, 4.69) is 6.58 Å². The Labute approximate surface area is 127 Å². The molecule has 0 radical (unpaired) electrons. The van der Waals surface area contributed by atoms with Gasteiger partial charge in [-0.3, -0.25) is 0 Å². The standard InChI is InChI=1S/C18H26O3/c1-5-13-10-18(21,11(2)3)16(17(20)12(13)4)14-6-8-15(19)9-7-14/h6,8,10,14-16,19-21H,2,5,7,9H2,1,3-4H3/t14?,15?,16-,18?/m0/s1. The normalized spacial score (nSPS) is 36.6. The number of hydrogen-bond acceptors (Lipinski definition) is 3. The van der Waals surface area contributed by atoms with Gasteiger partial charge in [0.05, 0.1) is 12.0 Å². The summed E-state index contributed by atoms with van der Waals surface area (Å²) in [6.07, 6.45) is 7.27. The smallest absolute Gasteiger partial charge is 0.114 e. The van der Waals surface area contributed by atoms with Crippen molar-refractivity contribution in [3.05, 3.63) is 47.3 Å². The molecule has 0 aromatic carbocycles. The average Bonchev–Trinajstić information content (AvgIpc) is 2.45. The molecule has 3 nitrogen and oxygen atoms in total. The predicted octanol–water partition coefficient (Wildman–Crippen LogP) is 3.42. The molecule has 3 heteroatoms. The van der Waals surface area contributed by atoms with Crippen LogP contribution in [0.3, 0.4) is 0 Å². The molecule has 0 fully saturated rings. The molecule has 0 aliphatic heterocycles. The first-order chi connectivity index (χ1) is 9.81. The minimum atomic E-state index is -1.23. The second kappa shape index (κ2) is 5.82. The summed E-state index contributed by atoms with van der Waals surface area (Å²) >= 11 is 0. The van der Waals surface area contributed by atoms with E-state index in [4.69, 9.17) is 0 Å². The van der Waals surface area contributed by atoms with Gasteiger partial charge in [-0.15, -0.1) is 0 Å². The molecule has 2 rings (SSSR count). The fourth-order valence-electron chi connectivity index (χ4n) is 3.46. The van der Waals surface area contributed by atoms with E-state index in [-0.39, 0.29) is 11.7 Å². The highest BCUT2D eigenvalue weighted by Gasteiger charge is 2.46. The minimum Gasteiger partial charge on any atom is -0.512 e. The Morgan fingerprint density at radius 1 is 1.38 bits per heavy atom. The SMILES string of the molecule is C=C(C)C1(O)C=C(CC)C(C)=C(O)[C@@H]1C1C=CC(O)CC1. The molecule has 0 saturated heterocycles. The van der Waals surface area contributed by atoms with Crippen LogP contribution in [0.1, 0.15) is 40.0 Å². The van der Waals surface area contributed by atoms with Crippen molar-refractivity contribution in [3.63, 3.8) is 0 Å². The molecule has 21 heavy (non-hydrogen) atoms. The molecule has 0 heterocycles. The Morgan fingerprint density at radius 2 is 2.05 bits per heavy atom. The van der Waals surface area contributed by atoms with Gasteiger partial charge in [-0.05, 0) is 61.8 Å². The van der Waals surface area contributed by atoms with Crippen molar-refractivity contribution in [3.8, 4) is 0 Å². The van der Waals surface area contributed by atoms with Crippen LogP contribution in [0.4, 0.5) is 0 Å². The summed E-state index contributed by atoms with van der Waals surface area (Å²) in [4.78, 5) is 0. The first-order valence-corrected chi connectivity index (χ1v) is 7.67. The van der Waals surface area contributed by atoms with Crippen LogP contribution in [0.25, 0.3) is 0 Å². The van der Waals surface area contributed by atoms with E-state index in [0.717, 1.165) is 24.0 Å². The van der Waals surface area contributed by atoms with E-state index in [1.165, 1.54) is 0 Å². The Bertz CT molecular complexity index is 527. The zero-order valence-electron chi connectivity index (χ0n) is 13.1. The van der Waals surface area contributed by atoms with Crippen LogP contribution in [0.15, 0.2) is 47.3 Å². The minimum absolute atomic E-state index is 0.000272. The van der Waals surface area contributed by atoms with Gasteiger partial charge in [0.1, 0.15) is 11.4 Å². The lowest BCUT2D eigenvalue weighted by Gasteiger charge is -2.43. The van der Waals surface area contributed by atoms with Gasteiger partial charge >= 0.3 is 0 Å². The third kappa shape index (κ3) is 2.72. The van der Waals surface area contributed by atoms with E-state index < -0.39 is 17.6 Å². The molecule has 0 bridgehead atoms. The third-order valence-electron chi connectivity index (χ3n) is 4.90. The van der Waals surface area contributed by atoms with E-state index in [1.807, 2.05) is 26.0 Å². The lowest BCUT2D eigenvalue weighted by molar-refractivity contribution is 0.0280. The fraction of sp³-hybridized carbons (Fsp3) is 0.556. The lowest BCUT2D eigenvalue weighted by Crippen LogP contribution is -2.45. The predicted molar refractivity (Wildman–Crippen MR) is 84.8 cm³/mol. The fourth-order valence-corrected chi connectivity index (χ4v) is 3.46. The molecule has 3 unspecified atom stereocenters. The highest BCUT2D eigenvalue weighted by atomic mass is 16.3. The second-order valence-electron chi connectivity index (χ2n) is 6.31. The van der Waals surface area contributed by atoms with Crippen LogP contribution in [-0.4, -0.2) is 27.0 Å². The van der Waals surface area contributed by atoms with E-state index in [9.17, 15) is 15.3 Å². The summed E-state index contributed by atoms with van der Waals surface area (Å²) in [5.74, 6) is -0.167. The van der Waals surface area contributed by atoms with Crippen LogP contribution in [-0.2, 0) is 0 Å². The number of hydrogen-bond donors (Lipinski definition) is 3. The van der Waals surface area contributed by atoms with Crippen molar-refractivity contribution < 1.29 is 15.3 Å².